The van der Waals surface area contributed by atoms with E-state index in [2.05, 4.69) is 31.5 Å². The van der Waals surface area contributed by atoms with Gasteiger partial charge in [-0.3, -0.25) is 19.7 Å². The van der Waals surface area contributed by atoms with E-state index in [1.54, 1.807) is 13.0 Å². The van der Waals surface area contributed by atoms with E-state index in [9.17, 15) is 23.6 Å². The first-order valence-corrected chi connectivity index (χ1v) is 14.3. The van der Waals surface area contributed by atoms with Crippen molar-refractivity contribution >= 4 is 41.3 Å². The molecule has 0 saturated carbocycles. The van der Waals surface area contributed by atoms with Crippen molar-refractivity contribution in [2.24, 2.45) is 0 Å². The van der Waals surface area contributed by atoms with Gasteiger partial charge in [-0.1, -0.05) is 42.0 Å². The van der Waals surface area contributed by atoms with Crippen molar-refractivity contribution < 1.29 is 33.0 Å². The number of aryl methyl sites for hydroxylation is 1. The Morgan fingerprint density at radius 3 is 2.52 bits per heavy atom. The fraction of sp³-hybridized carbons (Fsp3) is 0.219. The lowest BCUT2D eigenvalue weighted by atomic mass is 10.0. The third-order valence-electron chi connectivity index (χ3n) is 6.43. The fourth-order valence-electron chi connectivity index (χ4n) is 4.26. The zero-order valence-corrected chi connectivity index (χ0v) is 25.1. The van der Waals surface area contributed by atoms with E-state index in [0.29, 0.717) is 11.3 Å². The lowest BCUT2D eigenvalue weighted by Crippen LogP contribution is -2.44. The molecule has 0 aliphatic carbocycles. The highest BCUT2D eigenvalue weighted by atomic mass is 19.1. The Labute approximate surface area is 263 Å². The number of rotatable bonds is 13. The Kier molecular flexibility index (Phi) is 11.6. The minimum Gasteiger partial charge on any atom is -0.466 e. The summed E-state index contributed by atoms with van der Waals surface area (Å²) in [5.41, 5.74) is 2.98. The van der Waals surface area contributed by atoms with Crippen LogP contribution < -0.4 is 16.0 Å². The van der Waals surface area contributed by atoms with Crippen molar-refractivity contribution in [2.75, 3.05) is 23.8 Å². The van der Waals surface area contributed by atoms with E-state index in [1.165, 1.54) is 29.2 Å². The SMILES string of the molecule is CCOC(=O)CCOC(=O)Nc1ccc(NC(=O)[C@H](Cc2ccccc2)NC(=O)/C=C/c2cc(C)ccc2-n2cnnn2)cc1F. The molecule has 4 aromatic rings. The van der Waals surface area contributed by atoms with Gasteiger partial charge in [0.15, 0.2) is 0 Å². The summed E-state index contributed by atoms with van der Waals surface area (Å²) in [7, 11) is 0. The van der Waals surface area contributed by atoms with Crippen molar-refractivity contribution in [1.29, 1.82) is 0 Å². The maximum atomic E-state index is 14.8. The van der Waals surface area contributed by atoms with Gasteiger partial charge in [-0.25, -0.2) is 9.18 Å². The molecule has 0 aliphatic heterocycles. The van der Waals surface area contributed by atoms with E-state index in [1.807, 2.05) is 55.5 Å². The first kappa shape index (κ1) is 33.0. The van der Waals surface area contributed by atoms with Gasteiger partial charge in [0, 0.05) is 23.7 Å². The third kappa shape index (κ3) is 9.80. The molecule has 3 aromatic carbocycles. The summed E-state index contributed by atoms with van der Waals surface area (Å²) in [6.07, 6.45) is 3.40. The van der Waals surface area contributed by atoms with Crippen LogP contribution in [0, 0.1) is 12.7 Å². The van der Waals surface area contributed by atoms with Gasteiger partial charge in [-0.05, 0) is 66.2 Å². The van der Waals surface area contributed by atoms with Gasteiger partial charge >= 0.3 is 12.1 Å². The maximum Gasteiger partial charge on any atom is 0.411 e. The highest BCUT2D eigenvalue weighted by Gasteiger charge is 2.21. The lowest BCUT2D eigenvalue weighted by Gasteiger charge is -2.18. The van der Waals surface area contributed by atoms with Gasteiger partial charge in [-0.15, -0.1) is 5.10 Å². The zero-order chi connectivity index (χ0) is 32.9. The smallest absolute Gasteiger partial charge is 0.411 e. The highest BCUT2D eigenvalue weighted by molar-refractivity contribution is 6.00. The molecule has 0 fully saturated rings. The number of amides is 3. The second-order valence-electron chi connectivity index (χ2n) is 9.90. The largest absolute Gasteiger partial charge is 0.466 e. The van der Waals surface area contributed by atoms with Gasteiger partial charge < -0.3 is 20.1 Å². The zero-order valence-electron chi connectivity index (χ0n) is 25.1. The number of esters is 1. The van der Waals surface area contributed by atoms with Crippen LogP contribution in [-0.4, -0.2) is 63.3 Å². The normalized spacial score (nSPS) is 11.5. The number of halogens is 1. The van der Waals surface area contributed by atoms with E-state index in [0.717, 1.165) is 17.2 Å². The molecule has 0 radical (unpaired) electrons. The first-order valence-electron chi connectivity index (χ1n) is 14.3. The molecule has 4 rings (SSSR count). The Morgan fingerprint density at radius 1 is 1.00 bits per heavy atom. The number of ether oxygens (including phenoxy) is 2. The van der Waals surface area contributed by atoms with E-state index < -0.39 is 35.7 Å². The molecule has 14 heteroatoms. The van der Waals surface area contributed by atoms with Crippen LogP contribution >= 0.6 is 0 Å². The molecule has 3 N–H and O–H groups in total. The number of hydrogen-bond donors (Lipinski definition) is 3. The summed E-state index contributed by atoms with van der Waals surface area (Å²) in [4.78, 5) is 49.7. The number of nitrogens with zero attached hydrogens (tertiary/aromatic N) is 4. The standard InChI is InChI=1S/C32H32FN7O6/c1-3-45-30(42)15-16-46-32(44)37-26-12-11-24(19-25(26)33)35-31(43)27(18-22-7-5-4-6-8-22)36-29(41)14-10-23-17-21(2)9-13-28(23)40-20-34-38-39-40/h4-14,17,19-20,27H,3,15-16,18H2,1-2H3,(H,35,43)(H,36,41)(H,37,44)/b14-10+/t27-/m0/s1. The van der Waals surface area contributed by atoms with Gasteiger partial charge in [0.25, 0.3) is 0 Å². The van der Waals surface area contributed by atoms with Crippen LogP contribution in [0.25, 0.3) is 11.8 Å². The maximum absolute atomic E-state index is 14.8. The second-order valence-corrected chi connectivity index (χ2v) is 9.90. The third-order valence-corrected chi connectivity index (χ3v) is 6.43. The average molecular weight is 630 g/mol. The molecular formula is C32H32FN7O6. The van der Waals surface area contributed by atoms with Crippen molar-refractivity contribution in [3.63, 3.8) is 0 Å². The quantitative estimate of drug-likeness (QED) is 0.146. The van der Waals surface area contributed by atoms with Crippen LogP contribution in [-0.2, 0) is 30.3 Å². The fourth-order valence-corrected chi connectivity index (χ4v) is 4.26. The van der Waals surface area contributed by atoms with Crippen molar-refractivity contribution in [3.8, 4) is 5.69 Å². The number of hydrogen-bond acceptors (Lipinski definition) is 9. The van der Waals surface area contributed by atoms with Crippen LogP contribution in [0.4, 0.5) is 20.6 Å². The number of carbonyl (C=O) groups is 4. The molecule has 0 aliphatic rings. The number of aromatic nitrogens is 4. The van der Waals surface area contributed by atoms with Gasteiger partial charge in [0.2, 0.25) is 11.8 Å². The number of benzene rings is 3. The van der Waals surface area contributed by atoms with Crippen LogP contribution in [0.2, 0.25) is 0 Å². The van der Waals surface area contributed by atoms with E-state index in [4.69, 9.17) is 9.47 Å². The molecule has 0 bridgehead atoms. The summed E-state index contributed by atoms with van der Waals surface area (Å²) < 4.78 is 25.9. The number of carbonyl (C=O) groups excluding carboxylic acids is 4. The van der Waals surface area contributed by atoms with Crippen LogP contribution in [0.5, 0.6) is 0 Å². The highest BCUT2D eigenvalue weighted by Crippen LogP contribution is 2.20. The first-order chi connectivity index (χ1) is 22.2. The molecule has 1 heterocycles. The molecule has 0 spiro atoms. The van der Waals surface area contributed by atoms with E-state index in [-0.39, 0.29) is 37.4 Å². The Bertz CT molecular complexity index is 1700. The van der Waals surface area contributed by atoms with E-state index >= 15 is 0 Å². The number of tetrazole rings is 1. The molecule has 13 nitrogen and oxygen atoms in total. The molecule has 1 atom stereocenters. The molecule has 0 unspecified atom stereocenters. The Balaban J connectivity index is 1.42. The minimum absolute atomic E-state index is 0.0948. The van der Waals surface area contributed by atoms with Crippen LogP contribution in [0.1, 0.15) is 30.0 Å². The minimum atomic E-state index is -1.02. The molecule has 1 aromatic heterocycles. The summed E-state index contributed by atoms with van der Waals surface area (Å²) in [5, 5.41) is 18.8. The Morgan fingerprint density at radius 2 is 1.80 bits per heavy atom. The molecule has 46 heavy (non-hydrogen) atoms. The number of nitrogens with one attached hydrogen (secondary N) is 3. The average Bonchev–Trinajstić information content (AvgIpc) is 3.57. The predicted octanol–water partition coefficient (Wildman–Crippen LogP) is 3.99. The lowest BCUT2D eigenvalue weighted by molar-refractivity contribution is -0.143. The Hall–Kier alpha value is -5.92. The number of anilines is 2. The van der Waals surface area contributed by atoms with Crippen LogP contribution in [0.3, 0.4) is 0 Å². The monoisotopic (exact) mass is 629 g/mol. The molecule has 0 saturated heterocycles. The molecule has 3 amide bonds. The summed E-state index contributed by atoms with van der Waals surface area (Å²) in [5.74, 6) is -2.49. The summed E-state index contributed by atoms with van der Waals surface area (Å²) in [6, 6.07) is 17.3. The molecule has 238 valence electrons. The van der Waals surface area contributed by atoms with Crippen molar-refractivity contribution in [1.82, 2.24) is 25.5 Å². The van der Waals surface area contributed by atoms with Crippen LogP contribution in [0.15, 0.2) is 79.1 Å². The van der Waals surface area contributed by atoms with Gasteiger partial charge in [0.05, 0.1) is 24.4 Å². The van der Waals surface area contributed by atoms with Gasteiger partial charge in [0.1, 0.15) is 24.8 Å². The predicted molar refractivity (Wildman–Crippen MR) is 166 cm³/mol. The second kappa shape index (κ2) is 16.2. The van der Waals surface area contributed by atoms with Crippen molar-refractivity contribution in [2.45, 2.75) is 32.7 Å². The summed E-state index contributed by atoms with van der Waals surface area (Å²) in [6.45, 7) is 3.53. The molecular weight excluding hydrogens is 597 g/mol. The van der Waals surface area contributed by atoms with Gasteiger partial charge in [-0.2, -0.15) is 4.68 Å². The summed E-state index contributed by atoms with van der Waals surface area (Å²) >= 11 is 0. The topological polar surface area (TPSA) is 166 Å². The van der Waals surface area contributed by atoms with Crippen molar-refractivity contribution in [3.05, 3.63) is 102 Å².